The second kappa shape index (κ2) is 5.76. The van der Waals surface area contributed by atoms with Crippen molar-refractivity contribution in [2.75, 3.05) is 11.4 Å². The zero-order valence-electron chi connectivity index (χ0n) is 10.8. The third kappa shape index (κ3) is 2.75. The van der Waals surface area contributed by atoms with Gasteiger partial charge in [0.1, 0.15) is 5.84 Å². The van der Waals surface area contributed by atoms with Crippen LogP contribution in [0.5, 0.6) is 0 Å². The zero-order chi connectivity index (χ0) is 13.0. The van der Waals surface area contributed by atoms with E-state index in [9.17, 15) is 0 Å². The molecule has 0 aliphatic carbocycles. The first-order chi connectivity index (χ1) is 8.72. The van der Waals surface area contributed by atoms with Crippen molar-refractivity contribution in [3.8, 4) is 0 Å². The Hall–Kier alpha value is -1.71. The lowest BCUT2D eigenvalue weighted by Crippen LogP contribution is -2.37. The average Bonchev–Trinajstić information content (AvgIpc) is 2.60. The molecule has 98 valence electrons. The van der Waals surface area contributed by atoms with Gasteiger partial charge in [0.2, 0.25) is 0 Å². The molecule has 1 atom stereocenters. The molecule has 0 aromatic heterocycles. The summed E-state index contributed by atoms with van der Waals surface area (Å²) in [6, 6.07) is 8.79. The summed E-state index contributed by atoms with van der Waals surface area (Å²) in [5.41, 5.74) is 8.32. The summed E-state index contributed by atoms with van der Waals surface area (Å²) >= 11 is 0. The fraction of sp³-hybridized carbons (Fsp3) is 0.500. The number of anilines is 1. The van der Waals surface area contributed by atoms with E-state index in [4.69, 9.17) is 10.9 Å². The molecule has 1 aromatic carbocycles. The van der Waals surface area contributed by atoms with E-state index in [-0.39, 0.29) is 6.04 Å². The van der Waals surface area contributed by atoms with Crippen molar-refractivity contribution in [3.05, 3.63) is 29.8 Å². The van der Waals surface area contributed by atoms with Gasteiger partial charge >= 0.3 is 0 Å². The van der Waals surface area contributed by atoms with Gasteiger partial charge in [-0.25, -0.2) is 0 Å². The van der Waals surface area contributed by atoms with Crippen LogP contribution in [-0.2, 0) is 6.42 Å². The van der Waals surface area contributed by atoms with E-state index in [1.54, 1.807) is 0 Å². The highest BCUT2D eigenvalue weighted by Gasteiger charge is 2.20. The lowest BCUT2D eigenvalue weighted by atomic mass is 10.1. The molecule has 1 heterocycles. The van der Waals surface area contributed by atoms with Gasteiger partial charge in [-0.05, 0) is 37.8 Å². The van der Waals surface area contributed by atoms with Crippen LogP contribution in [0.2, 0.25) is 0 Å². The topological polar surface area (TPSA) is 61.9 Å². The maximum Gasteiger partial charge on any atom is 0.141 e. The lowest BCUT2D eigenvalue weighted by Gasteiger charge is -2.31. The van der Waals surface area contributed by atoms with Crippen molar-refractivity contribution in [1.29, 1.82) is 0 Å². The molecule has 3 N–H and O–H groups in total. The van der Waals surface area contributed by atoms with Crippen molar-refractivity contribution in [1.82, 2.24) is 0 Å². The largest absolute Gasteiger partial charge is 0.409 e. The Labute approximate surface area is 108 Å². The zero-order valence-corrected chi connectivity index (χ0v) is 10.8. The number of nitrogens with two attached hydrogens (primary N) is 1. The van der Waals surface area contributed by atoms with Crippen LogP contribution >= 0.6 is 0 Å². The highest BCUT2D eigenvalue weighted by Crippen LogP contribution is 2.28. The molecule has 18 heavy (non-hydrogen) atoms. The maximum atomic E-state index is 8.68. The van der Waals surface area contributed by atoms with Crippen LogP contribution in [0, 0.1) is 0 Å². The van der Waals surface area contributed by atoms with Crippen molar-refractivity contribution >= 4 is 11.5 Å². The molecule has 1 aliphatic rings. The molecule has 1 unspecified atom stereocenters. The summed E-state index contributed by atoms with van der Waals surface area (Å²) in [4.78, 5) is 2.38. The highest BCUT2D eigenvalue weighted by atomic mass is 16.4. The molecule has 1 aromatic rings. The van der Waals surface area contributed by atoms with Crippen molar-refractivity contribution in [3.63, 3.8) is 0 Å². The molecule has 4 nitrogen and oxygen atoms in total. The van der Waals surface area contributed by atoms with Gasteiger partial charge in [-0.15, -0.1) is 0 Å². The van der Waals surface area contributed by atoms with Crippen LogP contribution in [0.4, 0.5) is 5.69 Å². The number of amidine groups is 1. The van der Waals surface area contributed by atoms with E-state index in [1.807, 2.05) is 0 Å². The number of oxime groups is 1. The summed E-state index contributed by atoms with van der Waals surface area (Å²) in [5.74, 6) is 0.296. The quantitative estimate of drug-likeness (QED) is 0.373. The van der Waals surface area contributed by atoms with E-state index in [0.29, 0.717) is 12.3 Å². The average molecular weight is 247 g/mol. The normalized spacial score (nSPS) is 18.1. The van der Waals surface area contributed by atoms with Crippen molar-refractivity contribution < 1.29 is 5.21 Å². The number of nitrogens with zero attached hydrogens (tertiary/aromatic N) is 2. The van der Waals surface area contributed by atoms with Crippen molar-refractivity contribution in [2.45, 2.75) is 38.6 Å². The Morgan fingerprint density at radius 3 is 3.00 bits per heavy atom. The first-order valence-electron chi connectivity index (χ1n) is 6.53. The van der Waals surface area contributed by atoms with Crippen LogP contribution in [0.1, 0.15) is 31.7 Å². The molecule has 0 radical (unpaired) electrons. The molecule has 0 spiro atoms. The Balaban J connectivity index is 2.22. The molecule has 2 rings (SSSR count). The van der Waals surface area contributed by atoms with E-state index >= 15 is 0 Å². The molecule has 0 fully saturated rings. The van der Waals surface area contributed by atoms with Crippen LogP contribution < -0.4 is 10.6 Å². The van der Waals surface area contributed by atoms with Crippen molar-refractivity contribution in [2.24, 2.45) is 10.9 Å². The lowest BCUT2D eigenvalue weighted by molar-refractivity contribution is 0.316. The van der Waals surface area contributed by atoms with Crippen LogP contribution in [0.25, 0.3) is 0 Å². The van der Waals surface area contributed by atoms with Gasteiger partial charge in [0.05, 0.1) is 0 Å². The number of para-hydroxylation sites is 1. The van der Waals surface area contributed by atoms with Gasteiger partial charge in [-0.2, -0.15) is 0 Å². The number of rotatable bonds is 3. The van der Waals surface area contributed by atoms with E-state index in [2.05, 4.69) is 41.2 Å². The van der Waals surface area contributed by atoms with Gasteiger partial charge < -0.3 is 15.8 Å². The number of aryl methyl sites for hydroxylation is 1. The van der Waals surface area contributed by atoms with E-state index in [1.165, 1.54) is 24.1 Å². The summed E-state index contributed by atoms with van der Waals surface area (Å²) in [7, 11) is 0. The molecule has 1 aliphatic heterocycles. The number of hydrogen-bond donors (Lipinski definition) is 2. The van der Waals surface area contributed by atoms with Gasteiger partial charge in [0.25, 0.3) is 0 Å². The first-order valence-corrected chi connectivity index (χ1v) is 6.53. The molecular weight excluding hydrogens is 226 g/mol. The third-order valence-electron chi connectivity index (χ3n) is 3.56. The first kappa shape index (κ1) is 12.7. The number of fused-ring (bicyclic) bond motifs is 1. The fourth-order valence-electron chi connectivity index (χ4n) is 2.63. The standard InChI is InChI=1S/C14H21N3O/c1-11(10-14(15)16-18)17-9-5-4-7-12-6-2-3-8-13(12)17/h2-3,6,8,11,18H,4-5,7,9-10H2,1H3,(H2,15,16). The Morgan fingerprint density at radius 2 is 2.22 bits per heavy atom. The van der Waals surface area contributed by atoms with Crippen LogP contribution in [0.3, 0.4) is 0 Å². The minimum atomic E-state index is 0.250. The Morgan fingerprint density at radius 1 is 1.44 bits per heavy atom. The van der Waals surface area contributed by atoms with Gasteiger partial charge in [0.15, 0.2) is 0 Å². The summed E-state index contributed by atoms with van der Waals surface area (Å²) < 4.78 is 0. The second-order valence-electron chi connectivity index (χ2n) is 4.92. The van der Waals surface area contributed by atoms with E-state index in [0.717, 1.165) is 13.0 Å². The molecule has 0 bridgehead atoms. The maximum absolute atomic E-state index is 8.68. The van der Waals surface area contributed by atoms with Gasteiger partial charge in [-0.1, -0.05) is 23.4 Å². The molecule has 0 saturated carbocycles. The second-order valence-corrected chi connectivity index (χ2v) is 4.92. The highest BCUT2D eigenvalue weighted by molar-refractivity contribution is 5.80. The fourth-order valence-corrected chi connectivity index (χ4v) is 2.63. The van der Waals surface area contributed by atoms with Crippen LogP contribution in [-0.4, -0.2) is 23.6 Å². The Bertz CT molecular complexity index is 431. The minimum Gasteiger partial charge on any atom is -0.409 e. The van der Waals surface area contributed by atoms with Crippen LogP contribution in [0.15, 0.2) is 29.4 Å². The summed E-state index contributed by atoms with van der Waals surface area (Å²) in [6.45, 7) is 3.16. The summed E-state index contributed by atoms with van der Waals surface area (Å²) in [5, 5.41) is 11.7. The predicted molar refractivity (Wildman–Crippen MR) is 74.2 cm³/mol. The Kier molecular flexibility index (Phi) is 4.07. The monoisotopic (exact) mass is 247 g/mol. The molecule has 0 saturated heterocycles. The third-order valence-corrected chi connectivity index (χ3v) is 3.56. The summed E-state index contributed by atoms with van der Waals surface area (Å²) in [6.07, 6.45) is 4.15. The predicted octanol–water partition coefficient (Wildman–Crippen LogP) is 2.35. The molecule has 4 heteroatoms. The SMILES string of the molecule is CC(CC(N)=NO)N1CCCCc2ccccc21. The molecular formula is C14H21N3O. The van der Waals surface area contributed by atoms with Gasteiger partial charge in [0, 0.05) is 24.7 Å². The minimum absolute atomic E-state index is 0.250. The smallest absolute Gasteiger partial charge is 0.141 e. The molecule has 0 amide bonds. The van der Waals surface area contributed by atoms with Gasteiger partial charge in [-0.3, -0.25) is 0 Å². The van der Waals surface area contributed by atoms with E-state index < -0.39 is 0 Å². The number of benzene rings is 1. The number of hydrogen-bond acceptors (Lipinski definition) is 3.